The average molecular weight is 202 g/mol. The van der Waals surface area contributed by atoms with Crippen LogP contribution in [0.5, 0.6) is 0 Å². The number of likely N-dealkylation sites (tertiary alicyclic amines) is 1. The van der Waals surface area contributed by atoms with Gasteiger partial charge in [-0.15, -0.1) is 0 Å². The van der Waals surface area contributed by atoms with E-state index in [0.29, 0.717) is 0 Å². The summed E-state index contributed by atoms with van der Waals surface area (Å²) in [5.74, 6) is 2.19. The highest BCUT2D eigenvalue weighted by atomic mass is 32.2. The molecule has 0 aromatic rings. The number of hydrogen-bond acceptors (Lipinski definition) is 2. The summed E-state index contributed by atoms with van der Waals surface area (Å²) in [7, 11) is -0.682. The summed E-state index contributed by atoms with van der Waals surface area (Å²) in [4.78, 5) is 2.07. The number of hydrogen-bond donors (Lipinski definition) is 1. The number of nitrogens with zero attached hydrogens (tertiary/aromatic N) is 1. The highest BCUT2D eigenvalue weighted by Crippen LogP contribution is 2.10. The standard InChI is InChI=1S/C9H18N2OS/c1-2-13(12)8-7-11-6-4-3-5-9(11)10/h10H,2-8H2,1H3. The van der Waals surface area contributed by atoms with Crippen molar-refractivity contribution in [1.82, 2.24) is 4.90 Å². The molecule has 0 aromatic carbocycles. The van der Waals surface area contributed by atoms with Crippen molar-refractivity contribution < 1.29 is 4.21 Å². The maximum absolute atomic E-state index is 11.2. The minimum Gasteiger partial charge on any atom is -0.360 e. The SMILES string of the molecule is CCS(=O)CCN1CCCCC1=N. The molecule has 1 unspecified atom stereocenters. The van der Waals surface area contributed by atoms with Gasteiger partial charge in [-0.1, -0.05) is 6.92 Å². The van der Waals surface area contributed by atoms with Crippen LogP contribution >= 0.6 is 0 Å². The monoisotopic (exact) mass is 202 g/mol. The number of piperidine rings is 1. The maximum Gasteiger partial charge on any atom is 0.0957 e. The molecule has 1 atom stereocenters. The van der Waals surface area contributed by atoms with E-state index in [1.807, 2.05) is 6.92 Å². The van der Waals surface area contributed by atoms with Gasteiger partial charge in [0.25, 0.3) is 0 Å². The first kappa shape index (κ1) is 10.7. The van der Waals surface area contributed by atoms with Crippen LogP contribution < -0.4 is 0 Å². The summed E-state index contributed by atoms with van der Waals surface area (Å²) >= 11 is 0. The maximum atomic E-state index is 11.2. The summed E-state index contributed by atoms with van der Waals surface area (Å²) in [5.41, 5.74) is 0. The van der Waals surface area contributed by atoms with Crippen molar-refractivity contribution >= 4 is 16.6 Å². The van der Waals surface area contributed by atoms with E-state index in [0.717, 1.165) is 43.3 Å². The van der Waals surface area contributed by atoms with Crippen LogP contribution in [0.1, 0.15) is 26.2 Å². The highest BCUT2D eigenvalue weighted by molar-refractivity contribution is 7.84. The third kappa shape index (κ3) is 3.46. The van der Waals surface area contributed by atoms with Crippen LogP contribution in [-0.2, 0) is 10.8 Å². The third-order valence-corrected chi connectivity index (χ3v) is 3.67. The summed E-state index contributed by atoms with van der Waals surface area (Å²) in [6, 6.07) is 0. The van der Waals surface area contributed by atoms with Crippen molar-refractivity contribution in [2.24, 2.45) is 0 Å². The van der Waals surface area contributed by atoms with Gasteiger partial charge in [-0.3, -0.25) is 9.62 Å². The minimum atomic E-state index is -0.682. The normalized spacial score (nSPS) is 20.4. The Bertz CT molecular complexity index is 206. The Morgan fingerprint density at radius 1 is 1.54 bits per heavy atom. The van der Waals surface area contributed by atoms with Gasteiger partial charge < -0.3 is 4.90 Å². The number of rotatable bonds is 4. The van der Waals surface area contributed by atoms with Gasteiger partial charge >= 0.3 is 0 Å². The van der Waals surface area contributed by atoms with E-state index in [4.69, 9.17) is 5.41 Å². The molecule has 0 bridgehead atoms. The fourth-order valence-corrected chi connectivity index (χ4v) is 2.20. The molecular formula is C9H18N2OS. The first-order valence-corrected chi connectivity index (χ1v) is 6.40. The smallest absolute Gasteiger partial charge is 0.0957 e. The van der Waals surface area contributed by atoms with Crippen molar-refractivity contribution in [2.45, 2.75) is 26.2 Å². The lowest BCUT2D eigenvalue weighted by atomic mass is 10.1. The van der Waals surface area contributed by atoms with E-state index in [9.17, 15) is 4.21 Å². The van der Waals surface area contributed by atoms with E-state index in [2.05, 4.69) is 4.90 Å². The molecule has 1 N–H and O–H groups in total. The molecule has 0 radical (unpaired) electrons. The van der Waals surface area contributed by atoms with Gasteiger partial charge in [0.2, 0.25) is 0 Å². The minimum absolute atomic E-state index is 0.682. The molecule has 0 saturated carbocycles. The van der Waals surface area contributed by atoms with Crippen LogP contribution in [0.25, 0.3) is 0 Å². The second-order valence-electron chi connectivity index (χ2n) is 3.32. The van der Waals surface area contributed by atoms with E-state index < -0.39 is 10.8 Å². The fraction of sp³-hybridized carbons (Fsp3) is 0.889. The zero-order chi connectivity index (χ0) is 9.68. The predicted octanol–water partition coefficient (Wildman–Crippen LogP) is 1.22. The molecule has 1 heterocycles. The van der Waals surface area contributed by atoms with Gasteiger partial charge in [0, 0.05) is 41.8 Å². The predicted molar refractivity (Wildman–Crippen MR) is 56.7 cm³/mol. The quantitative estimate of drug-likeness (QED) is 0.745. The number of nitrogens with one attached hydrogen (secondary N) is 1. The van der Waals surface area contributed by atoms with Crippen molar-refractivity contribution in [1.29, 1.82) is 5.41 Å². The lowest BCUT2D eigenvalue weighted by molar-refractivity contribution is 0.385. The second kappa shape index (κ2) is 5.37. The van der Waals surface area contributed by atoms with Crippen LogP contribution in [0, 0.1) is 5.41 Å². The van der Waals surface area contributed by atoms with E-state index >= 15 is 0 Å². The molecule has 1 aliphatic heterocycles. The molecule has 1 rings (SSSR count). The Kier molecular flexibility index (Phi) is 4.42. The van der Waals surface area contributed by atoms with Gasteiger partial charge in [0.1, 0.15) is 0 Å². The van der Waals surface area contributed by atoms with Gasteiger partial charge in [0.05, 0.1) is 5.84 Å². The molecule has 0 amide bonds. The fourth-order valence-electron chi connectivity index (χ4n) is 1.49. The van der Waals surface area contributed by atoms with E-state index in [-0.39, 0.29) is 0 Å². The van der Waals surface area contributed by atoms with Crippen LogP contribution in [-0.4, -0.2) is 39.5 Å². The number of amidine groups is 1. The summed E-state index contributed by atoms with van der Waals surface area (Å²) in [6.07, 6.45) is 3.23. The molecule has 1 saturated heterocycles. The zero-order valence-corrected chi connectivity index (χ0v) is 9.03. The van der Waals surface area contributed by atoms with Crippen LogP contribution in [0.15, 0.2) is 0 Å². The molecule has 76 valence electrons. The van der Waals surface area contributed by atoms with Crippen molar-refractivity contribution in [3.63, 3.8) is 0 Å². The lowest BCUT2D eigenvalue weighted by Gasteiger charge is -2.28. The second-order valence-corrected chi connectivity index (χ2v) is 5.19. The molecule has 1 aliphatic rings. The molecule has 0 aromatic heterocycles. The Labute approximate surface area is 82.5 Å². The summed E-state index contributed by atoms with van der Waals surface area (Å²) in [5, 5.41) is 7.67. The highest BCUT2D eigenvalue weighted by Gasteiger charge is 2.14. The molecule has 13 heavy (non-hydrogen) atoms. The molecular weight excluding hydrogens is 184 g/mol. The zero-order valence-electron chi connectivity index (χ0n) is 8.21. The van der Waals surface area contributed by atoms with Crippen molar-refractivity contribution in [3.05, 3.63) is 0 Å². The van der Waals surface area contributed by atoms with Gasteiger partial charge in [0.15, 0.2) is 0 Å². The summed E-state index contributed by atoms with van der Waals surface area (Å²) < 4.78 is 11.2. The van der Waals surface area contributed by atoms with Gasteiger partial charge in [-0.2, -0.15) is 0 Å². The van der Waals surface area contributed by atoms with E-state index in [1.165, 1.54) is 6.42 Å². The van der Waals surface area contributed by atoms with E-state index in [1.54, 1.807) is 0 Å². The van der Waals surface area contributed by atoms with Crippen molar-refractivity contribution in [3.8, 4) is 0 Å². The Hall–Kier alpha value is -0.380. The molecule has 1 fully saturated rings. The van der Waals surface area contributed by atoms with Gasteiger partial charge in [-0.25, -0.2) is 0 Å². The molecule has 0 spiro atoms. The molecule has 0 aliphatic carbocycles. The lowest BCUT2D eigenvalue weighted by Crippen LogP contribution is -2.37. The Morgan fingerprint density at radius 2 is 2.31 bits per heavy atom. The largest absolute Gasteiger partial charge is 0.360 e. The molecule has 4 heteroatoms. The van der Waals surface area contributed by atoms with Gasteiger partial charge in [-0.05, 0) is 12.8 Å². The third-order valence-electron chi connectivity index (χ3n) is 2.38. The van der Waals surface area contributed by atoms with Crippen molar-refractivity contribution in [2.75, 3.05) is 24.6 Å². The average Bonchev–Trinajstić information content (AvgIpc) is 2.16. The van der Waals surface area contributed by atoms with Crippen LogP contribution in [0.2, 0.25) is 0 Å². The van der Waals surface area contributed by atoms with Crippen LogP contribution in [0.3, 0.4) is 0 Å². The Balaban J connectivity index is 2.26. The summed E-state index contributed by atoms with van der Waals surface area (Å²) in [6.45, 7) is 3.73. The topological polar surface area (TPSA) is 44.2 Å². The molecule has 3 nitrogen and oxygen atoms in total. The first-order chi connectivity index (χ1) is 6.24. The first-order valence-electron chi connectivity index (χ1n) is 4.91. The Morgan fingerprint density at radius 3 is 2.92 bits per heavy atom. The van der Waals surface area contributed by atoms with Crippen LogP contribution in [0.4, 0.5) is 0 Å².